The number of fused-ring (bicyclic) bond motifs is 3. The third-order valence-corrected chi connectivity index (χ3v) is 15.5. The predicted octanol–water partition coefficient (Wildman–Crippen LogP) is 4.83. The molecule has 0 spiro atoms. The van der Waals surface area contributed by atoms with Crippen LogP contribution in [0.2, 0.25) is 0 Å². The smallest absolute Gasteiger partial charge is 0.326 e. The average molecular weight is 1080 g/mol. The summed E-state index contributed by atoms with van der Waals surface area (Å²) in [5, 5.41) is 41.8. The Morgan fingerprint density at radius 3 is 1.43 bits per heavy atom. The van der Waals surface area contributed by atoms with Gasteiger partial charge in [0.2, 0.25) is 35.4 Å². The van der Waals surface area contributed by atoms with Crippen molar-refractivity contribution in [3.63, 3.8) is 0 Å². The van der Waals surface area contributed by atoms with Gasteiger partial charge < -0.3 is 51.9 Å². The second kappa shape index (κ2) is 24.5. The van der Waals surface area contributed by atoms with Gasteiger partial charge >= 0.3 is 11.9 Å². The van der Waals surface area contributed by atoms with Gasteiger partial charge in [0.1, 0.15) is 36.3 Å². The number of aliphatic carboxylic acids is 2. The first kappa shape index (κ1) is 59.0. The van der Waals surface area contributed by atoms with E-state index in [2.05, 4.69) is 31.9 Å². The largest absolute Gasteiger partial charge is 0.480 e. The number of amides is 6. The summed E-state index contributed by atoms with van der Waals surface area (Å²) in [6.45, 7) is 14.0. The van der Waals surface area contributed by atoms with Crippen LogP contribution >= 0.6 is 0 Å². The van der Waals surface area contributed by atoms with Crippen molar-refractivity contribution in [1.82, 2.24) is 41.7 Å². The van der Waals surface area contributed by atoms with E-state index < -0.39 is 112 Å². The fourth-order valence-corrected chi connectivity index (χ4v) is 10.5. The SMILES string of the molecule is CN[C@@H](C)C(=O)N[C@H](C(=O)N1Cc2cc([C@H]3C[C@@H](C(=O)N[C@@H](Cc4ccc5ccccc5c4)C(=O)O)N(C(=O)[C@@H](NC(=O)[C@H](C)NC)C(C)(C)C)C3)ccc2C[C@H]1C(=O)N[C@@H](Cc1ccc2ccccc2c1)C(=O)O)C(C)(C)C. The Kier molecular flexibility index (Phi) is 18.3. The fourth-order valence-electron chi connectivity index (χ4n) is 10.5. The highest BCUT2D eigenvalue weighted by Crippen LogP contribution is 2.37. The molecule has 7 rings (SSSR count). The molecule has 8 N–H and O–H groups in total. The third-order valence-electron chi connectivity index (χ3n) is 15.5. The first-order valence-corrected chi connectivity index (χ1v) is 27.0. The van der Waals surface area contributed by atoms with Gasteiger partial charge in [0.15, 0.2) is 0 Å². The summed E-state index contributed by atoms with van der Waals surface area (Å²) in [4.78, 5) is 115. The summed E-state index contributed by atoms with van der Waals surface area (Å²) in [6.07, 6.45) is -0.0132. The molecule has 9 atom stereocenters. The summed E-state index contributed by atoms with van der Waals surface area (Å²) in [7, 11) is 3.24. The van der Waals surface area contributed by atoms with E-state index >= 15 is 9.59 Å². The minimum Gasteiger partial charge on any atom is -0.480 e. The van der Waals surface area contributed by atoms with E-state index in [4.69, 9.17) is 0 Å². The lowest BCUT2D eigenvalue weighted by Crippen LogP contribution is -2.62. The van der Waals surface area contributed by atoms with Crippen LogP contribution in [-0.4, -0.2) is 136 Å². The molecule has 79 heavy (non-hydrogen) atoms. The summed E-state index contributed by atoms with van der Waals surface area (Å²) in [6, 6.07) is 23.4. The molecule has 5 aromatic rings. The van der Waals surface area contributed by atoms with Crippen LogP contribution in [-0.2, 0) is 64.2 Å². The van der Waals surface area contributed by atoms with Gasteiger partial charge in [-0.05, 0) is 94.6 Å². The number of hydrogen-bond donors (Lipinski definition) is 8. The molecule has 2 aliphatic heterocycles. The third kappa shape index (κ3) is 14.0. The number of rotatable bonds is 19. The highest BCUT2D eigenvalue weighted by molar-refractivity contribution is 5.97. The maximum absolute atomic E-state index is 15.2. The van der Waals surface area contributed by atoms with Crippen molar-refractivity contribution in [3.8, 4) is 0 Å². The standard InChI is InChI=1S/C61H76N8O10/c1-34(62-9)52(70)66-50(60(3,4)5)56(74)68-32-44-29-42(23-24-43(44)30-48(68)54(72)64-46(58(76)77)27-36-19-21-38-15-11-13-17-40(38)25-36)45-31-49(69(33-45)57(75)51(61(6,7)8)67-53(71)35(2)63-10)55(73)65-47(59(78)79)28-37-20-22-39-16-12-14-18-41(39)26-37/h11-26,29,34-35,45-51,62-63H,27-28,30-33H2,1-10H3,(H,64,72)(H,65,73)(H,66,70)(H,67,71)(H,76,77)(H,78,79)/t34-,35-,45-,46-,47-,48-,49-,50+,51+/m0/s1. The molecule has 1 saturated heterocycles. The van der Waals surface area contributed by atoms with Gasteiger partial charge in [0.05, 0.1) is 12.1 Å². The van der Waals surface area contributed by atoms with E-state index in [1.165, 1.54) is 9.80 Å². The van der Waals surface area contributed by atoms with Crippen molar-refractivity contribution in [3.05, 3.63) is 131 Å². The lowest BCUT2D eigenvalue weighted by atomic mass is 9.83. The predicted molar refractivity (Wildman–Crippen MR) is 302 cm³/mol. The molecular weight excluding hydrogens is 1000 g/mol. The number of carbonyl (C=O) groups excluding carboxylic acids is 6. The minimum atomic E-state index is -1.36. The van der Waals surface area contributed by atoms with Crippen LogP contribution in [0.1, 0.15) is 95.5 Å². The molecule has 1 fully saturated rings. The number of carboxylic acids is 2. The van der Waals surface area contributed by atoms with Crippen molar-refractivity contribution in [2.24, 2.45) is 10.8 Å². The molecule has 2 heterocycles. The topological polar surface area (TPSA) is 256 Å². The summed E-state index contributed by atoms with van der Waals surface area (Å²) in [5.41, 5.74) is 1.72. The summed E-state index contributed by atoms with van der Waals surface area (Å²) in [5.74, 6) is -6.36. The second-order valence-electron chi connectivity index (χ2n) is 23.4. The fraction of sp³-hybridized carbons (Fsp3) is 0.443. The number of benzene rings is 5. The zero-order valence-corrected chi connectivity index (χ0v) is 46.8. The number of hydrogen-bond acceptors (Lipinski definition) is 10. The first-order chi connectivity index (χ1) is 37.3. The minimum absolute atomic E-state index is 0.00535. The molecule has 2 aliphatic rings. The molecule has 0 aliphatic carbocycles. The van der Waals surface area contributed by atoms with Crippen molar-refractivity contribution in [2.45, 2.75) is 142 Å². The second-order valence-corrected chi connectivity index (χ2v) is 23.4. The lowest BCUT2D eigenvalue weighted by Gasteiger charge is -2.41. The molecule has 0 radical (unpaired) electrons. The molecular formula is C61H76N8O10. The molecule has 18 heteroatoms. The van der Waals surface area contributed by atoms with Crippen molar-refractivity contribution >= 4 is 68.9 Å². The quantitative estimate of drug-likeness (QED) is 0.0554. The lowest BCUT2D eigenvalue weighted by molar-refractivity contribution is -0.148. The van der Waals surface area contributed by atoms with Gasteiger partial charge in [0.25, 0.3) is 0 Å². The Bertz CT molecular complexity index is 3130. The van der Waals surface area contributed by atoms with Crippen LogP contribution in [0.15, 0.2) is 103 Å². The number of nitrogens with one attached hydrogen (secondary N) is 6. The molecule has 0 aromatic heterocycles. The van der Waals surface area contributed by atoms with Gasteiger partial charge in [-0.15, -0.1) is 0 Å². The normalized spacial score (nSPS) is 18.8. The van der Waals surface area contributed by atoms with E-state index in [0.717, 1.165) is 21.5 Å². The Morgan fingerprint density at radius 2 is 0.987 bits per heavy atom. The van der Waals surface area contributed by atoms with E-state index in [1.807, 2.05) is 103 Å². The van der Waals surface area contributed by atoms with Crippen molar-refractivity contribution < 1.29 is 48.6 Å². The van der Waals surface area contributed by atoms with Gasteiger partial charge in [-0.2, -0.15) is 0 Å². The number of likely N-dealkylation sites (tertiary alicyclic amines) is 1. The summed E-state index contributed by atoms with van der Waals surface area (Å²) < 4.78 is 0. The maximum atomic E-state index is 15.2. The van der Waals surface area contributed by atoms with Crippen LogP contribution in [0.4, 0.5) is 0 Å². The molecule has 18 nitrogen and oxygen atoms in total. The zero-order valence-electron chi connectivity index (χ0n) is 46.8. The Hall–Kier alpha value is -7.70. The monoisotopic (exact) mass is 1080 g/mol. The molecule has 5 aromatic carbocycles. The van der Waals surface area contributed by atoms with Crippen molar-refractivity contribution in [1.29, 1.82) is 0 Å². The van der Waals surface area contributed by atoms with E-state index in [-0.39, 0.29) is 38.8 Å². The number of carbonyl (C=O) groups is 8. The summed E-state index contributed by atoms with van der Waals surface area (Å²) >= 11 is 0. The molecule has 0 unspecified atom stereocenters. The van der Waals surface area contributed by atoms with Crippen LogP contribution in [0, 0.1) is 10.8 Å². The molecule has 6 amide bonds. The Morgan fingerprint density at radius 1 is 0.544 bits per heavy atom. The molecule has 0 saturated carbocycles. The van der Waals surface area contributed by atoms with E-state index in [9.17, 15) is 39.0 Å². The zero-order chi connectivity index (χ0) is 57.7. The van der Waals surface area contributed by atoms with Crippen molar-refractivity contribution in [2.75, 3.05) is 20.6 Å². The van der Waals surface area contributed by atoms with Crippen LogP contribution < -0.4 is 31.9 Å². The van der Waals surface area contributed by atoms with Gasteiger partial charge in [-0.3, -0.25) is 28.8 Å². The average Bonchev–Trinajstić information content (AvgIpc) is 3.90. The van der Waals surface area contributed by atoms with Gasteiger partial charge in [-0.1, -0.05) is 145 Å². The molecule has 0 bridgehead atoms. The maximum Gasteiger partial charge on any atom is 0.326 e. The number of nitrogens with zero attached hydrogens (tertiary/aromatic N) is 2. The number of carboxylic acid groups (broad SMARTS) is 2. The van der Waals surface area contributed by atoms with E-state index in [0.29, 0.717) is 27.8 Å². The number of likely N-dealkylation sites (N-methyl/N-ethyl adjacent to an activating group) is 2. The highest BCUT2D eigenvalue weighted by Gasteiger charge is 2.47. The van der Waals surface area contributed by atoms with Gasteiger partial charge in [0, 0.05) is 38.3 Å². The van der Waals surface area contributed by atoms with Gasteiger partial charge in [-0.25, -0.2) is 9.59 Å². The molecule has 420 valence electrons. The van der Waals surface area contributed by atoms with Crippen LogP contribution in [0.3, 0.4) is 0 Å². The van der Waals surface area contributed by atoms with Crippen LogP contribution in [0.5, 0.6) is 0 Å². The Balaban J connectivity index is 1.23. The Labute approximate surface area is 461 Å². The van der Waals surface area contributed by atoms with E-state index in [1.54, 1.807) is 69.5 Å². The van der Waals surface area contributed by atoms with Crippen LogP contribution in [0.25, 0.3) is 21.5 Å². The first-order valence-electron chi connectivity index (χ1n) is 27.0. The highest BCUT2D eigenvalue weighted by atomic mass is 16.4.